The average molecular weight is 284 g/mol. The Bertz CT molecular complexity index is 953. The molecule has 4 aromatic carbocycles. The van der Waals surface area contributed by atoms with Crippen molar-refractivity contribution in [2.45, 2.75) is 0 Å². The number of ether oxygens (including phenoxy) is 1. The number of hydrogen-bond acceptors (Lipinski definition) is 1. The van der Waals surface area contributed by atoms with Gasteiger partial charge in [0.25, 0.3) is 0 Å². The van der Waals surface area contributed by atoms with Crippen molar-refractivity contribution in [3.8, 4) is 5.75 Å². The normalized spacial score (nSPS) is 11.1. The van der Waals surface area contributed by atoms with E-state index < -0.39 is 0 Å². The summed E-state index contributed by atoms with van der Waals surface area (Å²) < 4.78 is 5.91. The first-order valence-corrected chi connectivity index (χ1v) is 7.46. The summed E-state index contributed by atoms with van der Waals surface area (Å²) in [5, 5.41) is 7.46. The van der Waals surface area contributed by atoms with Crippen LogP contribution in [0.3, 0.4) is 0 Å². The third kappa shape index (κ3) is 1.86. The third-order valence-electron chi connectivity index (χ3n) is 4.09. The molecule has 0 saturated carbocycles. The lowest BCUT2D eigenvalue weighted by molar-refractivity contribution is 0.368. The molecule has 0 radical (unpaired) electrons. The van der Waals surface area contributed by atoms with Gasteiger partial charge in [0.1, 0.15) is 12.4 Å². The molecule has 0 spiro atoms. The van der Waals surface area contributed by atoms with E-state index in [1.54, 1.807) is 6.08 Å². The Hall–Kier alpha value is -2.80. The Balaban J connectivity index is 2.24. The summed E-state index contributed by atoms with van der Waals surface area (Å²) in [6, 6.07) is 23.4. The highest BCUT2D eigenvalue weighted by atomic mass is 16.5. The lowest BCUT2D eigenvalue weighted by Crippen LogP contribution is -1.94. The fourth-order valence-electron chi connectivity index (χ4n) is 3.19. The lowest BCUT2D eigenvalue weighted by Gasteiger charge is -2.13. The van der Waals surface area contributed by atoms with Crippen LogP contribution in [0.4, 0.5) is 0 Å². The molecule has 0 atom stereocenters. The van der Waals surface area contributed by atoms with Crippen molar-refractivity contribution in [3.63, 3.8) is 0 Å². The minimum absolute atomic E-state index is 0.514. The van der Waals surface area contributed by atoms with Gasteiger partial charge in [-0.2, -0.15) is 0 Å². The first-order valence-electron chi connectivity index (χ1n) is 7.46. The van der Waals surface area contributed by atoms with Crippen LogP contribution in [0.25, 0.3) is 32.3 Å². The average Bonchev–Trinajstić information content (AvgIpc) is 2.60. The Morgan fingerprint density at radius 2 is 1.18 bits per heavy atom. The zero-order valence-electron chi connectivity index (χ0n) is 12.3. The predicted octanol–water partition coefficient (Wildman–Crippen LogP) is 5.71. The standard InChI is InChI=1S/C21H16O/c1-2-14-22-20-13-7-12-19-17-9-4-3-8-15(17)16-10-5-6-11-18(16)21(19)20/h2-13H,1,14H2. The molecule has 1 nitrogen and oxygen atoms in total. The van der Waals surface area contributed by atoms with Crippen molar-refractivity contribution < 1.29 is 4.74 Å². The monoisotopic (exact) mass is 284 g/mol. The van der Waals surface area contributed by atoms with Gasteiger partial charge in [0.2, 0.25) is 0 Å². The van der Waals surface area contributed by atoms with E-state index in [1.165, 1.54) is 32.3 Å². The molecule has 0 aliphatic heterocycles. The Labute approximate surface area is 129 Å². The summed E-state index contributed by atoms with van der Waals surface area (Å²) in [4.78, 5) is 0. The van der Waals surface area contributed by atoms with E-state index in [9.17, 15) is 0 Å². The quantitative estimate of drug-likeness (QED) is 0.346. The minimum Gasteiger partial charge on any atom is -0.489 e. The zero-order valence-corrected chi connectivity index (χ0v) is 12.3. The van der Waals surface area contributed by atoms with Crippen LogP contribution in [0.1, 0.15) is 0 Å². The minimum atomic E-state index is 0.514. The Kier molecular flexibility index (Phi) is 3.05. The third-order valence-corrected chi connectivity index (χ3v) is 4.09. The van der Waals surface area contributed by atoms with Crippen LogP contribution in [0.5, 0.6) is 5.75 Å². The summed E-state index contributed by atoms with van der Waals surface area (Å²) in [7, 11) is 0. The molecular weight excluding hydrogens is 268 g/mol. The van der Waals surface area contributed by atoms with Crippen molar-refractivity contribution in [2.75, 3.05) is 6.61 Å². The fraction of sp³-hybridized carbons (Fsp3) is 0.0476. The van der Waals surface area contributed by atoms with Crippen LogP contribution in [0, 0.1) is 0 Å². The second-order valence-electron chi connectivity index (χ2n) is 5.37. The fourth-order valence-corrected chi connectivity index (χ4v) is 3.19. The molecule has 0 aromatic heterocycles. The van der Waals surface area contributed by atoms with Gasteiger partial charge in [0.15, 0.2) is 0 Å². The summed E-state index contributed by atoms with van der Waals surface area (Å²) in [6.07, 6.45) is 1.78. The van der Waals surface area contributed by atoms with E-state index in [0.29, 0.717) is 6.61 Å². The molecule has 106 valence electrons. The summed E-state index contributed by atoms with van der Waals surface area (Å²) in [6.45, 7) is 4.26. The molecule has 0 bridgehead atoms. The molecule has 0 aliphatic rings. The molecule has 0 amide bonds. The van der Waals surface area contributed by atoms with E-state index in [-0.39, 0.29) is 0 Å². The first-order chi connectivity index (χ1) is 10.9. The molecule has 0 N–H and O–H groups in total. The molecule has 0 heterocycles. The number of rotatable bonds is 3. The molecule has 4 rings (SSSR count). The number of hydrogen-bond donors (Lipinski definition) is 0. The number of benzene rings is 4. The molecule has 0 fully saturated rings. The van der Waals surface area contributed by atoms with Crippen LogP contribution in [-0.2, 0) is 0 Å². The van der Waals surface area contributed by atoms with Gasteiger partial charge in [-0.15, -0.1) is 0 Å². The second kappa shape index (κ2) is 5.19. The predicted molar refractivity (Wildman–Crippen MR) is 94.7 cm³/mol. The van der Waals surface area contributed by atoms with Gasteiger partial charge in [0.05, 0.1) is 0 Å². The van der Waals surface area contributed by atoms with Crippen molar-refractivity contribution in [2.24, 2.45) is 0 Å². The van der Waals surface area contributed by atoms with Gasteiger partial charge in [-0.25, -0.2) is 0 Å². The van der Waals surface area contributed by atoms with Gasteiger partial charge in [-0.05, 0) is 33.0 Å². The van der Waals surface area contributed by atoms with E-state index in [2.05, 4.69) is 67.2 Å². The van der Waals surface area contributed by atoms with Gasteiger partial charge in [0, 0.05) is 5.39 Å². The molecule has 0 unspecified atom stereocenters. The number of fused-ring (bicyclic) bond motifs is 6. The van der Waals surface area contributed by atoms with Crippen LogP contribution < -0.4 is 4.74 Å². The maximum Gasteiger partial charge on any atom is 0.128 e. The molecule has 4 aromatic rings. The topological polar surface area (TPSA) is 9.23 Å². The highest BCUT2D eigenvalue weighted by Gasteiger charge is 2.11. The second-order valence-corrected chi connectivity index (χ2v) is 5.37. The van der Waals surface area contributed by atoms with E-state index >= 15 is 0 Å². The van der Waals surface area contributed by atoms with Gasteiger partial charge < -0.3 is 4.74 Å². The smallest absolute Gasteiger partial charge is 0.128 e. The highest BCUT2D eigenvalue weighted by Crippen LogP contribution is 2.39. The van der Waals surface area contributed by atoms with Gasteiger partial charge >= 0.3 is 0 Å². The van der Waals surface area contributed by atoms with Crippen molar-refractivity contribution in [1.82, 2.24) is 0 Å². The zero-order chi connectivity index (χ0) is 14.9. The van der Waals surface area contributed by atoms with Crippen LogP contribution in [0.2, 0.25) is 0 Å². The van der Waals surface area contributed by atoms with Crippen LogP contribution in [0.15, 0.2) is 79.4 Å². The molecule has 0 aliphatic carbocycles. The van der Waals surface area contributed by atoms with Crippen molar-refractivity contribution in [1.29, 1.82) is 0 Å². The van der Waals surface area contributed by atoms with Crippen molar-refractivity contribution >= 4 is 32.3 Å². The largest absolute Gasteiger partial charge is 0.489 e. The maximum absolute atomic E-state index is 5.91. The van der Waals surface area contributed by atoms with E-state index in [1.807, 2.05) is 6.07 Å². The van der Waals surface area contributed by atoms with Crippen LogP contribution in [-0.4, -0.2) is 6.61 Å². The van der Waals surface area contributed by atoms with E-state index in [0.717, 1.165) is 5.75 Å². The van der Waals surface area contributed by atoms with Gasteiger partial charge in [-0.3, -0.25) is 0 Å². The molecule has 22 heavy (non-hydrogen) atoms. The van der Waals surface area contributed by atoms with Crippen LogP contribution >= 0.6 is 0 Å². The first kappa shape index (κ1) is 12.9. The SMILES string of the molecule is C=CCOc1cccc2c3ccccc3c3ccccc3c12. The lowest BCUT2D eigenvalue weighted by atomic mass is 9.94. The molecule has 1 heteroatoms. The van der Waals surface area contributed by atoms with Crippen molar-refractivity contribution in [3.05, 3.63) is 79.4 Å². The Morgan fingerprint density at radius 1 is 0.682 bits per heavy atom. The summed E-state index contributed by atoms with van der Waals surface area (Å²) in [5.41, 5.74) is 0. The highest BCUT2D eigenvalue weighted by molar-refractivity contribution is 6.26. The Morgan fingerprint density at radius 3 is 1.77 bits per heavy atom. The summed E-state index contributed by atoms with van der Waals surface area (Å²) >= 11 is 0. The molecular formula is C21H16O. The van der Waals surface area contributed by atoms with E-state index in [4.69, 9.17) is 4.74 Å². The maximum atomic E-state index is 5.91. The summed E-state index contributed by atoms with van der Waals surface area (Å²) in [5.74, 6) is 0.916. The van der Waals surface area contributed by atoms with Gasteiger partial charge in [-0.1, -0.05) is 73.3 Å². The molecule has 0 saturated heterocycles.